The van der Waals surface area contributed by atoms with E-state index in [2.05, 4.69) is 36.4 Å². The van der Waals surface area contributed by atoms with Crippen LogP contribution in [0.3, 0.4) is 0 Å². The Morgan fingerprint density at radius 1 is 0.941 bits per heavy atom. The van der Waals surface area contributed by atoms with Gasteiger partial charge in [0.15, 0.2) is 0 Å². The lowest BCUT2D eigenvalue weighted by atomic mass is 9.98. The summed E-state index contributed by atoms with van der Waals surface area (Å²) >= 11 is 0. The second-order valence-electron chi connectivity index (χ2n) is 7.74. The van der Waals surface area contributed by atoms with Crippen molar-refractivity contribution < 1.29 is 13.2 Å². The maximum Gasteiger partial charge on any atom is 0.243 e. The number of nitrogens with one attached hydrogen (secondary N) is 1. The quantitative estimate of drug-likeness (QED) is 0.419. The summed E-state index contributed by atoms with van der Waals surface area (Å²) in [5.41, 5.74) is 1.92. The van der Waals surface area contributed by atoms with Gasteiger partial charge in [0.2, 0.25) is 15.9 Å². The van der Waals surface area contributed by atoms with Crippen LogP contribution in [0.15, 0.2) is 66.1 Å². The zero-order chi connectivity index (χ0) is 23.5. The van der Waals surface area contributed by atoms with Crippen molar-refractivity contribution in [3.8, 4) is 11.4 Å². The van der Waals surface area contributed by atoms with Crippen molar-refractivity contribution in [1.29, 1.82) is 0 Å². The molecule has 5 rings (SSSR count). The molecule has 174 valence electrons. The zero-order valence-corrected chi connectivity index (χ0v) is 18.7. The van der Waals surface area contributed by atoms with Gasteiger partial charge in [0.1, 0.15) is 12.7 Å². The molecule has 3 heterocycles. The number of nitrogens with zero attached hydrogens (tertiary/aromatic N) is 9. The summed E-state index contributed by atoms with van der Waals surface area (Å²) in [5.74, 6) is -0.705. The molecule has 13 nitrogen and oxygen atoms in total. The maximum atomic E-state index is 13.2. The number of benzene rings is 2. The van der Waals surface area contributed by atoms with Crippen molar-refractivity contribution in [2.24, 2.45) is 5.92 Å². The smallest absolute Gasteiger partial charge is 0.243 e. The molecule has 1 aliphatic heterocycles. The summed E-state index contributed by atoms with van der Waals surface area (Å²) < 4.78 is 30.7. The molecule has 0 unspecified atom stereocenters. The highest BCUT2D eigenvalue weighted by atomic mass is 32.2. The molecule has 0 radical (unpaired) electrons. The molecule has 14 heteroatoms. The number of anilines is 1. The van der Waals surface area contributed by atoms with Gasteiger partial charge >= 0.3 is 0 Å². The lowest BCUT2D eigenvalue weighted by Gasteiger charge is -2.31. The van der Waals surface area contributed by atoms with E-state index in [1.807, 2.05) is 6.07 Å². The van der Waals surface area contributed by atoms with E-state index < -0.39 is 15.9 Å². The van der Waals surface area contributed by atoms with E-state index in [9.17, 15) is 13.2 Å². The summed E-state index contributed by atoms with van der Waals surface area (Å²) in [6.45, 7) is 0.464. The molecule has 1 aliphatic rings. The standard InChI is InChI=1S/C20H20N10O3S/c31-20(23-16-4-1-5-18(11-16)30-14-22-25-27-30)15-3-2-10-28(12-15)34(32,33)19-8-6-17(7-9-19)29-13-21-24-26-29/h1,4-9,11,13-15H,2-3,10,12H2,(H,23,31)/t15-/m0/s1. The first-order valence-electron chi connectivity index (χ1n) is 10.5. The number of sulfonamides is 1. The molecular formula is C20H20N10O3S. The molecule has 0 bridgehead atoms. The van der Waals surface area contributed by atoms with Gasteiger partial charge in [0.05, 0.1) is 22.2 Å². The van der Waals surface area contributed by atoms with Gasteiger partial charge in [-0.15, -0.1) is 10.2 Å². The van der Waals surface area contributed by atoms with Crippen LogP contribution in [0.5, 0.6) is 0 Å². The van der Waals surface area contributed by atoms with Gasteiger partial charge in [0, 0.05) is 18.8 Å². The number of hydrogen-bond donors (Lipinski definition) is 1. The van der Waals surface area contributed by atoms with Crippen molar-refractivity contribution in [3.63, 3.8) is 0 Å². The maximum absolute atomic E-state index is 13.2. The van der Waals surface area contributed by atoms with Crippen LogP contribution in [0.25, 0.3) is 11.4 Å². The Labute approximate surface area is 194 Å². The number of hydrogen-bond acceptors (Lipinski definition) is 9. The molecule has 0 saturated carbocycles. The SMILES string of the molecule is O=C(Nc1cccc(-n2cnnn2)c1)[C@H]1CCCN(S(=O)(=O)c2ccc(-n3cnnn3)cc2)C1. The Hall–Kier alpha value is -4.04. The summed E-state index contributed by atoms with van der Waals surface area (Å²) in [6, 6.07) is 13.4. The van der Waals surface area contributed by atoms with E-state index in [0.29, 0.717) is 36.4 Å². The molecule has 0 spiro atoms. The van der Waals surface area contributed by atoms with E-state index in [4.69, 9.17) is 0 Å². The predicted octanol–water partition coefficient (Wildman–Crippen LogP) is 0.677. The van der Waals surface area contributed by atoms with E-state index >= 15 is 0 Å². The van der Waals surface area contributed by atoms with Crippen LogP contribution in [0.4, 0.5) is 5.69 Å². The average molecular weight is 481 g/mol. The molecule has 1 atom stereocenters. The molecule has 2 aromatic heterocycles. The van der Waals surface area contributed by atoms with Crippen LogP contribution in [-0.4, -0.2) is 72.1 Å². The van der Waals surface area contributed by atoms with E-state index in [-0.39, 0.29) is 17.3 Å². The molecule has 1 N–H and O–H groups in total. The van der Waals surface area contributed by atoms with Crippen molar-refractivity contribution in [1.82, 2.24) is 44.7 Å². The van der Waals surface area contributed by atoms with Crippen LogP contribution in [0.1, 0.15) is 12.8 Å². The minimum Gasteiger partial charge on any atom is -0.326 e. The Balaban J connectivity index is 1.28. The third-order valence-corrected chi connectivity index (χ3v) is 7.45. The van der Waals surface area contributed by atoms with Gasteiger partial charge in [-0.1, -0.05) is 6.07 Å². The molecule has 1 fully saturated rings. The number of piperidine rings is 1. The monoisotopic (exact) mass is 480 g/mol. The largest absolute Gasteiger partial charge is 0.326 e. The van der Waals surface area contributed by atoms with Crippen LogP contribution >= 0.6 is 0 Å². The number of amides is 1. The minimum absolute atomic E-state index is 0.107. The average Bonchev–Trinajstić information content (AvgIpc) is 3.59. The van der Waals surface area contributed by atoms with Crippen molar-refractivity contribution in [2.45, 2.75) is 17.7 Å². The number of aromatic nitrogens is 8. The van der Waals surface area contributed by atoms with Gasteiger partial charge < -0.3 is 5.32 Å². The second kappa shape index (κ2) is 9.07. The Bertz CT molecular complexity index is 1370. The van der Waals surface area contributed by atoms with Crippen molar-refractivity contribution in [3.05, 3.63) is 61.2 Å². The van der Waals surface area contributed by atoms with Gasteiger partial charge in [0.25, 0.3) is 0 Å². The number of rotatable bonds is 6. The molecule has 1 amide bonds. The zero-order valence-electron chi connectivity index (χ0n) is 17.8. The van der Waals surface area contributed by atoms with E-state index in [1.165, 1.54) is 38.5 Å². The summed E-state index contributed by atoms with van der Waals surface area (Å²) in [6.07, 6.45) is 4.07. The van der Waals surface area contributed by atoms with Crippen molar-refractivity contribution in [2.75, 3.05) is 18.4 Å². The second-order valence-corrected chi connectivity index (χ2v) is 9.68. The van der Waals surface area contributed by atoms with Gasteiger partial charge in [-0.3, -0.25) is 4.79 Å². The molecular weight excluding hydrogens is 460 g/mol. The van der Waals surface area contributed by atoms with Gasteiger partial charge in [-0.05, 0) is 76.2 Å². The Morgan fingerprint density at radius 3 is 2.32 bits per heavy atom. The predicted molar refractivity (Wildman–Crippen MR) is 118 cm³/mol. The molecule has 0 aliphatic carbocycles. The first-order chi connectivity index (χ1) is 16.5. The third-order valence-electron chi connectivity index (χ3n) is 5.57. The van der Waals surface area contributed by atoms with E-state index in [1.54, 1.807) is 30.3 Å². The third kappa shape index (κ3) is 4.40. The fourth-order valence-electron chi connectivity index (χ4n) is 3.82. The van der Waals surface area contributed by atoms with Crippen LogP contribution in [-0.2, 0) is 14.8 Å². The first kappa shape index (κ1) is 21.8. The number of carbonyl (C=O) groups is 1. The highest BCUT2D eigenvalue weighted by Crippen LogP contribution is 2.25. The Kier molecular flexibility index (Phi) is 5.81. The Morgan fingerprint density at radius 2 is 1.65 bits per heavy atom. The fourth-order valence-corrected chi connectivity index (χ4v) is 5.35. The first-order valence-corrected chi connectivity index (χ1v) is 11.9. The van der Waals surface area contributed by atoms with Crippen LogP contribution in [0.2, 0.25) is 0 Å². The normalized spacial score (nSPS) is 16.9. The minimum atomic E-state index is -3.76. The molecule has 4 aromatic rings. The number of tetrazole rings is 2. The fraction of sp³-hybridized carbons (Fsp3) is 0.250. The topological polar surface area (TPSA) is 154 Å². The van der Waals surface area contributed by atoms with Crippen LogP contribution < -0.4 is 5.32 Å². The lowest BCUT2D eigenvalue weighted by molar-refractivity contribution is -0.120. The highest BCUT2D eigenvalue weighted by molar-refractivity contribution is 7.89. The summed E-state index contributed by atoms with van der Waals surface area (Å²) in [5, 5.41) is 24.9. The van der Waals surface area contributed by atoms with Crippen LogP contribution in [0, 0.1) is 5.92 Å². The summed E-state index contributed by atoms with van der Waals surface area (Å²) in [7, 11) is -3.76. The summed E-state index contributed by atoms with van der Waals surface area (Å²) in [4.78, 5) is 13.1. The van der Waals surface area contributed by atoms with Gasteiger partial charge in [-0.25, -0.2) is 17.8 Å². The van der Waals surface area contributed by atoms with E-state index in [0.717, 1.165) is 0 Å². The number of carbonyl (C=O) groups excluding carboxylic acids is 1. The van der Waals surface area contributed by atoms with Crippen molar-refractivity contribution >= 4 is 21.6 Å². The lowest BCUT2D eigenvalue weighted by Crippen LogP contribution is -2.43. The molecule has 1 saturated heterocycles. The highest BCUT2D eigenvalue weighted by Gasteiger charge is 2.33. The molecule has 34 heavy (non-hydrogen) atoms. The van der Waals surface area contributed by atoms with Gasteiger partial charge in [-0.2, -0.15) is 4.31 Å². The molecule has 2 aromatic carbocycles.